The predicted molar refractivity (Wildman–Crippen MR) is 108 cm³/mol. The Balaban J connectivity index is 1.19. The van der Waals surface area contributed by atoms with Crippen LogP contribution in [0.5, 0.6) is 0 Å². The number of aryl methyl sites for hydroxylation is 2. The van der Waals surface area contributed by atoms with Crippen molar-refractivity contribution in [2.24, 2.45) is 5.41 Å². The largest absolute Gasteiger partial charge is 0.377 e. The normalized spacial score (nSPS) is 21.0. The smallest absolute Gasteiger partial charge is 0.227 e. The molecule has 6 heterocycles. The number of anilines is 2. The van der Waals surface area contributed by atoms with Gasteiger partial charge < -0.3 is 14.5 Å². The van der Waals surface area contributed by atoms with Crippen molar-refractivity contribution in [3.8, 4) is 0 Å². The van der Waals surface area contributed by atoms with E-state index in [-0.39, 0.29) is 0 Å². The molecule has 9 heteroatoms. The topological polar surface area (TPSA) is 85.1 Å². The molecule has 3 fully saturated rings. The second-order valence-corrected chi connectivity index (χ2v) is 8.67. The van der Waals surface area contributed by atoms with Crippen molar-refractivity contribution >= 4 is 22.8 Å². The van der Waals surface area contributed by atoms with E-state index in [9.17, 15) is 0 Å². The van der Waals surface area contributed by atoms with Crippen molar-refractivity contribution in [2.75, 3.05) is 49.2 Å². The maximum Gasteiger partial charge on any atom is 0.227 e. The van der Waals surface area contributed by atoms with Gasteiger partial charge in [-0.25, -0.2) is 19.6 Å². The molecule has 1 spiro atoms. The fourth-order valence-corrected chi connectivity index (χ4v) is 4.76. The number of aromatic nitrogens is 6. The molecular formula is C20H24N8O. The Bertz CT molecular complexity index is 1070. The second kappa shape index (κ2) is 6.09. The number of hydrogen-bond acceptors (Lipinski definition) is 8. The minimum atomic E-state index is 0.292. The van der Waals surface area contributed by atoms with E-state index in [0.717, 1.165) is 66.9 Å². The highest BCUT2D eigenvalue weighted by atomic mass is 16.5. The van der Waals surface area contributed by atoms with Gasteiger partial charge in [0.15, 0.2) is 5.65 Å². The molecular weight excluding hydrogens is 368 g/mol. The highest BCUT2D eigenvalue weighted by Crippen LogP contribution is 2.42. The average molecular weight is 392 g/mol. The molecule has 3 aliphatic heterocycles. The third-order valence-corrected chi connectivity index (χ3v) is 6.34. The van der Waals surface area contributed by atoms with Crippen LogP contribution in [-0.2, 0) is 4.74 Å². The lowest BCUT2D eigenvalue weighted by Crippen LogP contribution is -2.58. The summed E-state index contributed by atoms with van der Waals surface area (Å²) >= 11 is 0. The molecule has 0 N–H and O–H groups in total. The van der Waals surface area contributed by atoms with Crippen LogP contribution >= 0.6 is 0 Å². The Morgan fingerprint density at radius 2 is 1.86 bits per heavy atom. The van der Waals surface area contributed by atoms with Gasteiger partial charge in [0.1, 0.15) is 17.7 Å². The molecule has 3 aromatic heterocycles. The summed E-state index contributed by atoms with van der Waals surface area (Å²) in [4.78, 5) is 23.2. The fraction of sp³-hybridized carbons (Fsp3) is 0.550. The van der Waals surface area contributed by atoms with Crippen LogP contribution in [0.2, 0.25) is 0 Å². The summed E-state index contributed by atoms with van der Waals surface area (Å²) in [7, 11) is 0. The number of hydrogen-bond donors (Lipinski definition) is 0. The molecule has 0 saturated carbocycles. The summed E-state index contributed by atoms with van der Waals surface area (Å²) in [6.07, 6.45) is 4.90. The Morgan fingerprint density at radius 3 is 2.62 bits per heavy atom. The quantitative estimate of drug-likeness (QED) is 0.663. The van der Waals surface area contributed by atoms with Gasteiger partial charge in [0, 0.05) is 49.6 Å². The first kappa shape index (κ1) is 17.1. The molecule has 0 aromatic carbocycles. The lowest BCUT2D eigenvalue weighted by atomic mass is 9.79. The molecule has 0 amide bonds. The van der Waals surface area contributed by atoms with Crippen LogP contribution in [0.4, 0.5) is 11.8 Å². The molecule has 0 radical (unpaired) electrons. The van der Waals surface area contributed by atoms with Crippen LogP contribution in [-0.4, -0.2) is 69.1 Å². The molecule has 150 valence electrons. The van der Waals surface area contributed by atoms with Gasteiger partial charge >= 0.3 is 0 Å². The number of fused-ring (bicyclic) bond motifs is 1. The summed E-state index contributed by atoms with van der Waals surface area (Å²) in [6, 6.07) is 2.37. The van der Waals surface area contributed by atoms with Crippen LogP contribution in [0.25, 0.3) is 11.0 Å². The van der Waals surface area contributed by atoms with E-state index in [1.165, 1.54) is 0 Å². The average Bonchev–Trinajstić information content (AvgIpc) is 3.23. The van der Waals surface area contributed by atoms with Crippen LogP contribution in [0.15, 0.2) is 18.5 Å². The molecule has 0 atom stereocenters. The van der Waals surface area contributed by atoms with Crippen LogP contribution in [0, 0.1) is 19.3 Å². The molecule has 0 aliphatic carbocycles. The molecule has 3 aliphatic rings. The van der Waals surface area contributed by atoms with Crippen LogP contribution in [0.1, 0.15) is 24.0 Å². The van der Waals surface area contributed by atoms with Crippen molar-refractivity contribution in [1.82, 2.24) is 29.7 Å². The maximum atomic E-state index is 5.32. The van der Waals surface area contributed by atoms with E-state index in [1.54, 1.807) is 0 Å². The zero-order valence-electron chi connectivity index (χ0n) is 16.7. The first-order valence-corrected chi connectivity index (χ1v) is 10.2. The van der Waals surface area contributed by atoms with Gasteiger partial charge in [0.05, 0.1) is 24.8 Å². The van der Waals surface area contributed by atoms with Crippen molar-refractivity contribution < 1.29 is 4.74 Å². The second-order valence-electron chi connectivity index (χ2n) is 8.67. The molecule has 0 unspecified atom stereocenters. The van der Waals surface area contributed by atoms with E-state index in [4.69, 9.17) is 9.72 Å². The minimum Gasteiger partial charge on any atom is -0.377 e. The van der Waals surface area contributed by atoms with Gasteiger partial charge in [0.2, 0.25) is 5.95 Å². The van der Waals surface area contributed by atoms with Crippen LogP contribution in [0.3, 0.4) is 0 Å². The van der Waals surface area contributed by atoms with Crippen molar-refractivity contribution in [2.45, 2.75) is 26.3 Å². The van der Waals surface area contributed by atoms with E-state index < -0.39 is 0 Å². The van der Waals surface area contributed by atoms with E-state index in [2.05, 4.69) is 35.9 Å². The standard InChI is InChI=1S/C20H24N8O/c1-13-5-17(24-14(2)23-13)27-11-20(12-27)3-4-26(10-20)19-21-6-15-7-22-28(18(15)25-19)16-8-29-9-16/h5-7,16H,3-4,8-12H2,1-2H3. The molecule has 3 saturated heterocycles. The summed E-state index contributed by atoms with van der Waals surface area (Å²) in [6.45, 7) is 9.43. The highest BCUT2D eigenvalue weighted by Gasteiger charge is 2.48. The molecule has 9 nitrogen and oxygen atoms in total. The molecule has 29 heavy (non-hydrogen) atoms. The van der Waals surface area contributed by atoms with Crippen molar-refractivity contribution in [3.05, 3.63) is 30.0 Å². The van der Waals surface area contributed by atoms with Gasteiger partial charge in [-0.1, -0.05) is 0 Å². The zero-order chi connectivity index (χ0) is 19.6. The number of nitrogens with zero attached hydrogens (tertiary/aromatic N) is 8. The molecule has 3 aromatic rings. The first-order chi connectivity index (χ1) is 14.1. The maximum absolute atomic E-state index is 5.32. The minimum absolute atomic E-state index is 0.292. The number of ether oxygens (including phenoxy) is 1. The Labute approximate surface area is 168 Å². The summed E-state index contributed by atoms with van der Waals surface area (Å²) in [5.41, 5.74) is 2.23. The number of rotatable bonds is 3. The summed E-state index contributed by atoms with van der Waals surface area (Å²) in [5, 5.41) is 5.48. The predicted octanol–water partition coefficient (Wildman–Crippen LogP) is 1.52. The van der Waals surface area contributed by atoms with Crippen LogP contribution < -0.4 is 9.80 Å². The molecule has 0 bridgehead atoms. The van der Waals surface area contributed by atoms with E-state index in [1.807, 2.05) is 30.9 Å². The SMILES string of the molecule is Cc1cc(N2CC3(CCN(c4ncc5cnn(C6COC6)c5n4)C3)C2)nc(C)n1. The lowest BCUT2D eigenvalue weighted by molar-refractivity contribution is -0.0269. The summed E-state index contributed by atoms with van der Waals surface area (Å²) in [5.74, 6) is 2.69. The fourth-order valence-electron chi connectivity index (χ4n) is 4.76. The van der Waals surface area contributed by atoms with E-state index in [0.29, 0.717) is 24.7 Å². The molecule has 6 rings (SSSR count). The zero-order valence-corrected chi connectivity index (χ0v) is 16.7. The summed E-state index contributed by atoms with van der Waals surface area (Å²) < 4.78 is 7.31. The lowest BCUT2D eigenvalue weighted by Gasteiger charge is -2.48. The Morgan fingerprint density at radius 1 is 1.03 bits per heavy atom. The Kier molecular flexibility index (Phi) is 3.59. The monoisotopic (exact) mass is 392 g/mol. The van der Waals surface area contributed by atoms with Gasteiger partial charge in [0.25, 0.3) is 0 Å². The van der Waals surface area contributed by atoms with Crippen molar-refractivity contribution in [1.29, 1.82) is 0 Å². The Hall–Kier alpha value is -2.81. The van der Waals surface area contributed by atoms with Gasteiger partial charge in [-0.2, -0.15) is 10.1 Å². The van der Waals surface area contributed by atoms with Gasteiger partial charge in [-0.3, -0.25) is 0 Å². The van der Waals surface area contributed by atoms with Gasteiger partial charge in [-0.15, -0.1) is 0 Å². The third-order valence-electron chi connectivity index (χ3n) is 6.34. The third kappa shape index (κ3) is 2.75. The highest BCUT2D eigenvalue weighted by molar-refractivity contribution is 5.75. The van der Waals surface area contributed by atoms with Crippen molar-refractivity contribution in [3.63, 3.8) is 0 Å². The van der Waals surface area contributed by atoms with Gasteiger partial charge in [-0.05, 0) is 20.3 Å². The van der Waals surface area contributed by atoms with E-state index >= 15 is 0 Å². The first-order valence-electron chi connectivity index (χ1n) is 10.2.